The van der Waals surface area contributed by atoms with Crippen molar-refractivity contribution in [2.45, 2.75) is 0 Å². The summed E-state index contributed by atoms with van der Waals surface area (Å²) in [5.41, 5.74) is 1.91. The zero-order chi connectivity index (χ0) is 9.10. The molecule has 0 saturated heterocycles. The van der Waals surface area contributed by atoms with Crippen molar-refractivity contribution >= 4 is 11.3 Å². The van der Waals surface area contributed by atoms with Crippen molar-refractivity contribution in [3.8, 4) is 16.5 Å². The van der Waals surface area contributed by atoms with E-state index in [2.05, 4.69) is 6.07 Å². The molecular formula is C11H7NS. The Morgan fingerprint density at radius 2 is 1.92 bits per heavy atom. The molecule has 62 valence electrons. The van der Waals surface area contributed by atoms with Gasteiger partial charge in [0.1, 0.15) is 6.07 Å². The van der Waals surface area contributed by atoms with E-state index in [0.29, 0.717) is 0 Å². The van der Waals surface area contributed by atoms with Gasteiger partial charge in [0.25, 0.3) is 0 Å². The minimum absolute atomic E-state index is 0.740. The number of hydrogen-bond donors (Lipinski definition) is 0. The van der Waals surface area contributed by atoms with Gasteiger partial charge in [0.05, 0.1) is 5.56 Å². The third-order valence-electron chi connectivity index (χ3n) is 1.79. The second kappa shape index (κ2) is 3.42. The average Bonchev–Trinajstić information content (AvgIpc) is 2.67. The van der Waals surface area contributed by atoms with Crippen molar-refractivity contribution in [1.29, 1.82) is 5.26 Å². The van der Waals surface area contributed by atoms with Crippen LogP contribution in [0.2, 0.25) is 0 Å². The van der Waals surface area contributed by atoms with Crippen molar-refractivity contribution in [2.24, 2.45) is 0 Å². The van der Waals surface area contributed by atoms with Crippen LogP contribution in [0, 0.1) is 11.3 Å². The van der Waals surface area contributed by atoms with E-state index in [1.807, 2.05) is 41.8 Å². The molecule has 0 saturated carbocycles. The van der Waals surface area contributed by atoms with Gasteiger partial charge >= 0.3 is 0 Å². The van der Waals surface area contributed by atoms with Crippen LogP contribution in [-0.2, 0) is 0 Å². The average molecular weight is 185 g/mol. The van der Waals surface area contributed by atoms with Crippen molar-refractivity contribution in [3.63, 3.8) is 0 Å². The molecule has 1 heterocycles. The van der Waals surface area contributed by atoms with Crippen molar-refractivity contribution < 1.29 is 0 Å². The Labute approximate surface area is 80.9 Å². The summed E-state index contributed by atoms with van der Waals surface area (Å²) in [7, 11) is 0. The van der Waals surface area contributed by atoms with Crippen LogP contribution in [0.15, 0.2) is 41.8 Å². The molecule has 0 radical (unpaired) electrons. The van der Waals surface area contributed by atoms with Gasteiger partial charge in [-0.2, -0.15) is 5.26 Å². The van der Waals surface area contributed by atoms with Crippen molar-refractivity contribution in [2.75, 3.05) is 0 Å². The Balaban J connectivity index is 2.43. The van der Waals surface area contributed by atoms with Crippen LogP contribution in [0.3, 0.4) is 0 Å². The summed E-state index contributed by atoms with van der Waals surface area (Å²) < 4.78 is 0. The Kier molecular flexibility index (Phi) is 2.11. The molecule has 2 rings (SSSR count). The van der Waals surface area contributed by atoms with Crippen LogP contribution in [-0.4, -0.2) is 0 Å². The molecule has 0 bridgehead atoms. The summed E-state index contributed by atoms with van der Waals surface area (Å²) in [5.74, 6) is 0. The lowest BCUT2D eigenvalue weighted by Crippen LogP contribution is -1.68. The third-order valence-corrected chi connectivity index (χ3v) is 2.77. The molecule has 2 aromatic rings. The van der Waals surface area contributed by atoms with Crippen LogP contribution in [0.1, 0.15) is 5.56 Å². The molecule has 0 atom stereocenters. The number of benzene rings is 1. The topological polar surface area (TPSA) is 23.8 Å². The van der Waals surface area contributed by atoms with E-state index in [1.165, 1.54) is 5.56 Å². The van der Waals surface area contributed by atoms with Crippen LogP contribution in [0.25, 0.3) is 10.4 Å². The molecular weight excluding hydrogens is 178 g/mol. The van der Waals surface area contributed by atoms with E-state index in [-0.39, 0.29) is 0 Å². The Morgan fingerprint density at radius 3 is 2.54 bits per heavy atom. The van der Waals surface area contributed by atoms with Gasteiger partial charge in [-0.1, -0.05) is 30.3 Å². The maximum absolute atomic E-state index is 8.65. The molecule has 0 unspecified atom stereocenters. The van der Waals surface area contributed by atoms with Gasteiger partial charge in [0, 0.05) is 10.3 Å². The van der Waals surface area contributed by atoms with E-state index < -0.39 is 0 Å². The highest BCUT2D eigenvalue weighted by Crippen LogP contribution is 2.26. The Morgan fingerprint density at radius 1 is 1.15 bits per heavy atom. The fourth-order valence-corrected chi connectivity index (χ4v) is 1.99. The molecule has 0 aliphatic heterocycles. The van der Waals surface area contributed by atoms with E-state index in [1.54, 1.807) is 11.3 Å². The quantitative estimate of drug-likeness (QED) is 0.668. The highest BCUT2D eigenvalue weighted by Gasteiger charge is 2.00. The van der Waals surface area contributed by atoms with Gasteiger partial charge < -0.3 is 0 Å². The normalized spacial score (nSPS) is 9.46. The molecule has 2 heteroatoms. The number of thiophene rings is 1. The fourth-order valence-electron chi connectivity index (χ4n) is 1.15. The first-order chi connectivity index (χ1) is 6.40. The number of rotatable bonds is 1. The van der Waals surface area contributed by atoms with Gasteiger partial charge in [0.15, 0.2) is 0 Å². The Hall–Kier alpha value is -1.59. The maximum atomic E-state index is 8.65. The third kappa shape index (κ3) is 1.61. The first-order valence-electron chi connectivity index (χ1n) is 3.94. The second-order valence-corrected chi connectivity index (χ2v) is 3.59. The van der Waals surface area contributed by atoms with Gasteiger partial charge in [0.2, 0.25) is 0 Å². The molecule has 0 spiro atoms. The van der Waals surface area contributed by atoms with Crippen molar-refractivity contribution in [3.05, 3.63) is 47.3 Å². The van der Waals surface area contributed by atoms with Gasteiger partial charge in [-0.25, -0.2) is 0 Å². The van der Waals surface area contributed by atoms with Gasteiger partial charge in [-0.05, 0) is 11.6 Å². The first kappa shape index (κ1) is 8.03. The van der Waals surface area contributed by atoms with E-state index >= 15 is 0 Å². The van der Waals surface area contributed by atoms with E-state index in [0.717, 1.165) is 10.4 Å². The summed E-state index contributed by atoms with van der Waals surface area (Å²) in [4.78, 5) is 1.15. The van der Waals surface area contributed by atoms with Crippen LogP contribution in [0.4, 0.5) is 0 Å². The molecule has 0 fully saturated rings. The molecule has 1 nitrogen and oxygen atoms in total. The predicted molar refractivity (Wildman–Crippen MR) is 54.5 cm³/mol. The largest absolute Gasteiger partial charge is 0.192 e. The lowest BCUT2D eigenvalue weighted by Gasteiger charge is -1.93. The minimum atomic E-state index is 0.740. The minimum Gasteiger partial charge on any atom is -0.192 e. The van der Waals surface area contributed by atoms with Gasteiger partial charge in [-0.3, -0.25) is 0 Å². The van der Waals surface area contributed by atoms with Crippen LogP contribution < -0.4 is 0 Å². The van der Waals surface area contributed by atoms with E-state index in [9.17, 15) is 0 Å². The smallest absolute Gasteiger partial charge is 0.100 e. The lowest BCUT2D eigenvalue weighted by atomic mass is 10.2. The van der Waals surface area contributed by atoms with Crippen molar-refractivity contribution in [1.82, 2.24) is 0 Å². The summed E-state index contributed by atoms with van der Waals surface area (Å²) >= 11 is 1.60. The Bertz CT molecular complexity index is 437. The monoisotopic (exact) mass is 185 g/mol. The van der Waals surface area contributed by atoms with Gasteiger partial charge in [-0.15, -0.1) is 11.3 Å². The predicted octanol–water partition coefficient (Wildman–Crippen LogP) is 3.29. The maximum Gasteiger partial charge on any atom is 0.100 e. The van der Waals surface area contributed by atoms with Crippen LogP contribution in [0.5, 0.6) is 0 Å². The molecule has 1 aromatic carbocycles. The van der Waals surface area contributed by atoms with E-state index in [4.69, 9.17) is 5.26 Å². The molecule has 0 aliphatic rings. The zero-order valence-corrected chi connectivity index (χ0v) is 7.71. The standard InChI is InChI=1S/C11H7NS/c12-7-9-6-11(13-8-9)10-4-2-1-3-5-10/h1-6,8H. The molecule has 1 aromatic heterocycles. The summed E-state index contributed by atoms with van der Waals surface area (Å²) in [6.45, 7) is 0. The number of nitriles is 1. The number of hydrogen-bond acceptors (Lipinski definition) is 2. The first-order valence-corrected chi connectivity index (χ1v) is 4.82. The molecule has 0 amide bonds. The second-order valence-electron chi connectivity index (χ2n) is 2.68. The highest BCUT2D eigenvalue weighted by molar-refractivity contribution is 7.13. The fraction of sp³-hybridized carbons (Fsp3) is 0. The SMILES string of the molecule is N#Cc1csc(-c2ccccc2)c1. The molecule has 0 N–H and O–H groups in total. The lowest BCUT2D eigenvalue weighted by molar-refractivity contribution is 1.51. The summed E-state index contributed by atoms with van der Waals surface area (Å²) in [6.07, 6.45) is 0. The summed E-state index contributed by atoms with van der Waals surface area (Å²) in [5, 5.41) is 10.5. The van der Waals surface area contributed by atoms with Crippen LogP contribution >= 0.6 is 11.3 Å². The number of nitrogens with zero attached hydrogens (tertiary/aromatic N) is 1. The molecule has 13 heavy (non-hydrogen) atoms. The summed E-state index contributed by atoms with van der Waals surface area (Å²) in [6, 6.07) is 14.1. The zero-order valence-electron chi connectivity index (χ0n) is 6.90. The highest BCUT2D eigenvalue weighted by atomic mass is 32.1. The molecule has 0 aliphatic carbocycles.